The van der Waals surface area contributed by atoms with E-state index in [-0.39, 0.29) is 12.5 Å². The molecule has 1 fully saturated rings. The largest absolute Gasteiger partial charge is 0.484 e. The fraction of sp³-hybridized carbons (Fsp3) is 0.400. The maximum atomic E-state index is 11.6. The van der Waals surface area contributed by atoms with Gasteiger partial charge in [0.05, 0.1) is 0 Å². The molecule has 1 aliphatic carbocycles. The summed E-state index contributed by atoms with van der Waals surface area (Å²) in [4.78, 5) is 17.3. The van der Waals surface area contributed by atoms with Crippen molar-refractivity contribution >= 4 is 23.2 Å². The summed E-state index contributed by atoms with van der Waals surface area (Å²) >= 11 is 1.74. The number of nitrogens with one attached hydrogen (secondary N) is 2. The van der Waals surface area contributed by atoms with Gasteiger partial charge >= 0.3 is 0 Å². The molecular formula is C20H26N4O2S. The predicted octanol–water partition coefficient (Wildman–Crippen LogP) is 2.09. The number of aliphatic imine (C=N–C) groups is 1. The summed E-state index contributed by atoms with van der Waals surface area (Å²) in [7, 11) is 0. The second-order valence-corrected chi connectivity index (χ2v) is 7.58. The fourth-order valence-electron chi connectivity index (χ4n) is 2.53. The zero-order valence-electron chi connectivity index (χ0n) is 15.3. The Hall–Kier alpha value is -2.54. The van der Waals surface area contributed by atoms with E-state index in [0.717, 1.165) is 32.2 Å². The average molecular weight is 387 g/mol. The van der Waals surface area contributed by atoms with Crippen molar-refractivity contribution in [3.63, 3.8) is 0 Å². The van der Waals surface area contributed by atoms with E-state index in [2.05, 4.69) is 27.1 Å². The first kappa shape index (κ1) is 19.2. The molecule has 144 valence electrons. The molecule has 4 N–H and O–H groups in total. The third-order valence-electron chi connectivity index (χ3n) is 4.18. The van der Waals surface area contributed by atoms with Crippen LogP contribution in [0, 0.1) is 0 Å². The Morgan fingerprint density at radius 2 is 2.04 bits per heavy atom. The van der Waals surface area contributed by atoms with Crippen molar-refractivity contribution in [2.45, 2.75) is 31.7 Å². The topological polar surface area (TPSA) is 88.7 Å². The Morgan fingerprint density at radius 1 is 1.22 bits per heavy atom. The Balaban J connectivity index is 1.31. The zero-order valence-corrected chi connectivity index (χ0v) is 16.1. The summed E-state index contributed by atoms with van der Waals surface area (Å²) < 4.78 is 5.50. The molecule has 1 aromatic carbocycles. The molecule has 0 bridgehead atoms. The number of thiophene rings is 1. The highest BCUT2D eigenvalue weighted by atomic mass is 32.1. The van der Waals surface area contributed by atoms with Crippen LogP contribution in [0.5, 0.6) is 5.75 Å². The maximum Gasteiger partial charge on any atom is 0.258 e. The van der Waals surface area contributed by atoms with Crippen molar-refractivity contribution in [1.82, 2.24) is 10.6 Å². The summed E-state index contributed by atoms with van der Waals surface area (Å²) in [6.07, 6.45) is 3.92. The van der Waals surface area contributed by atoms with Crippen molar-refractivity contribution in [1.29, 1.82) is 0 Å². The molecule has 0 unspecified atom stereocenters. The molecule has 0 aliphatic heterocycles. The molecule has 0 radical (unpaired) electrons. The number of nitrogens with zero attached hydrogens (tertiary/aromatic N) is 1. The minimum atomic E-state index is -0.0559. The standard InChI is InChI=1S/C20H26N4O2S/c21-20(23-12-10-18-2-1-13-27-18)22-11-9-15-3-7-17(8-4-15)26-14-19(25)24-16-5-6-16/h1-4,7-8,13,16H,5-6,9-12,14H2,(H,24,25)(H3,21,22,23). The molecule has 0 saturated heterocycles. The Labute approximate surface area is 163 Å². The van der Waals surface area contributed by atoms with Crippen molar-refractivity contribution in [3.8, 4) is 5.75 Å². The first-order chi connectivity index (χ1) is 13.2. The number of benzene rings is 1. The van der Waals surface area contributed by atoms with Crippen LogP contribution < -0.4 is 21.1 Å². The third-order valence-corrected chi connectivity index (χ3v) is 5.11. The first-order valence-electron chi connectivity index (χ1n) is 9.26. The normalized spacial score (nSPS) is 14.0. The molecule has 1 amide bonds. The second kappa shape index (κ2) is 9.97. The van der Waals surface area contributed by atoms with Gasteiger partial charge in [-0.1, -0.05) is 18.2 Å². The van der Waals surface area contributed by atoms with Crippen LogP contribution >= 0.6 is 11.3 Å². The zero-order chi connectivity index (χ0) is 18.9. The van der Waals surface area contributed by atoms with Crippen LogP contribution in [0.2, 0.25) is 0 Å². The van der Waals surface area contributed by atoms with Crippen LogP contribution in [0.15, 0.2) is 46.8 Å². The Bertz CT molecular complexity index is 740. The molecule has 7 heteroatoms. The van der Waals surface area contributed by atoms with Gasteiger partial charge in [-0.2, -0.15) is 0 Å². The molecule has 27 heavy (non-hydrogen) atoms. The van der Waals surface area contributed by atoms with Crippen LogP contribution in [0.25, 0.3) is 0 Å². The number of carbonyl (C=O) groups is 1. The highest BCUT2D eigenvalue weighted by Gasteiger charge is 2.23. The van der Waals surface area contributed by atoms with Crippen LogP contribution in [0.1, 0.15) is 23.3 Å². The number of hydrogen-bond acceptors (Lipinski definition) is 4. The van der Waals surface area contributed by atoms with Crippen LogP contribution in [-0.4, -0.2) is 37.6 Å². The maximum absolute atomic E-state index is 11.6. The van der Waals surface area contributed by atoms with Gasteiger partial charge in [0.15, 0.2) is 12.6 Å². The van der Waals surface area contributed by atoms with Crippen LogP contribution in [-0.2, 0) is 17.6 Å². The van der Waals surface area contributed by atoms with Crippen molar-refractivity contribution in [2.75, 3.05) is 19.7 Å². The number of carbonyl (C=O) groups excluding carboxylic acids is 1. The first-order valence-corrected chi connectivity index (χ1v) is 10.1. The summed E-state index contributed by atoms with van der Waals surface area (Å²) in [6.45, 7) is 1.48. The lowest BCUT2D eigenvalue weighted by molar-refractivity contribution is -0.123. The summed E-state index contributed by atoms with van der Waals surface area (Å²) in [5, 5.41) is 8.11. The lowest BCUT2D eigenvalue weighted by atomic mass is 10.1. The lowest BCUT2D eigenvalue weighted by Gasteiger charge is -2.08. The molecule has 3 rings (SSSR count). The van der Waals surface area contributed by atoms with Crippen LogP contribution in [0.4, 0.5) is 0 Å². The predicted molar refractivity (Wildman–Crippen MR) is 109 cm³/mol. The lowest BCUT2D eigenvalue weighted by Crippen LogP contribution is -2.33. The molecule has 0 atom stereocenters. The van der Waals surface area contributed by atoms with Gasteiger partial charge in [0.2, 0.25) is 0 Å². The SMILES string of the molecule is NC(=NCCc1cccs1)NCCc1ccc(OCC(=O)NC2CC2)cc1. The number of hydrogen-bond donors (Lipinski definition) is 3. The smallest absolute Gasteiger partial charge is 0.258 e. The summed E-state index contributed by atoms with van der Waals surface area (Å²) in [5.41, 5.74) is 7.06. The minimum Gasteiger partial charge on any atom is -0.484 e. The van der Waals surface area contributed by atoms with Gasteiger partial charge in [-0.3, -0.25) is 9.79 Å². The van der Waals surface area contributed by atoms with E-state index >= 15 is 0 Å². The highest BCUT2D eigenvalue weighted by Crippen LogP contribution is 2.18. The second-order valence-electron chi connectivity index (χ2n) is 6.55. The van der Waals surface area contributed by atoms with Gasteiger partial charge in [-0.25, -0.2) is 0 Å². The molecule has 1 heterocycles. The summed E-state index contributed by atoms with van der Waals surface area (Å²) in [6, 6.07) is 12.3. The molecule has 0 spiro atoms. The minimum absolute atomic E-state index is 0.0559. The monoisotopic (exact) mass is 386 g/mol. The Morgan fingerprint density at radius 3 is 2.74 bits per heavy atom. The number of guanidine groups is 1. The number of nitrogens with two attached hydrogens (primary N) is 1. The molecule has 2 aromatic rings. The van der Waals surface area contributed by atoms with Gasteiger partial charge in [-0.15, -0.1) is 11.3 Å². The molecular weight excluding hydrogens is 360 g/mol. The van der Waals surface area contributed by atoms with Crippen molar-refractivity contribution in [2.24, 2.45) is 10.7 Å². The van der Waals surface area contributed by atoms with Crippen molar-refractivity contribution < 1.29 is 9.53 Å². The van der Waals surface area contributed by atoms with Gasteiger partial charge in [-0.05, 0) is 48.4 Å². The fourth-order valence-corrected chi connectivity index (χ4v) is 3.23. The number of ether oxygens (including phenoxy) is 1. The average Bonchev–Trinajstić information content (AvgIpc) is 3.32. The van der Waals surface area contributed by atoms with E-state index in [1.54, 1.807) is 11.3 Å². The molecule has 6 nitrogen and oxygen atoms in total. The van der Waals surface area contributed by atoms with Crippen molar-refractivity contribution in [3.05, 3.63) is 52.2 Å². The third kappa shape index (κ3) is 7.30. The van der Waals surface area contributed by atoms with E-state index < -0.39 is 0 Å². The van der Waals surface area contributed by atoms with E-state index in [4.69, 9.17) is 10.5 Å². The van der Waals surface area contributed by atoms with E-state index in [9.17, 15) is 4.79 Å². The van der Waals surface area contributed by atoms with E-state index in [0.29, 0.717) is 24.3 Å². The quantitative estimate of drug-likeness (QED) is 0.431. The highest BCUT2D eigenvalue weighted by molar-refractivity contribution is 7.09. The van der Waals surface area contributed by atoms with E-state index in [1.165, 1.54) is 10.4 Å². The Kier molecular flexibility index (Phi) is 7.10. The van der Waals surface area contributed by atoms with Crippen LogP contribution in [0.3, 0.4) is 0 Å². The van der Waals surface area contributed by atoms with Gasteiger partial charge in [0, 0.05) is 30.4 Å². The van der Waals surface area contributed by atoms with Gasteiger partial charge in [0.1, 0.15) is 5.75 Å². The number of amides is 1. The molecule has 1 saturated carbocycles. The molecule has 1 aromatic heterocycles. The number of rotatable bonds is 10. The van der Waals surface area contributed by atoms with E-state index in [1.807, 2.05) is 30.3 Å². The summed E-state index contributed by atoms with van der Waals surface area (Å²) in [5.74, 6) is 1.13. The van der Waals surface area contributed by atoms with Gasteiger partial charge < -0.3 is 21.1 Å². The molecule has 1 aliphatic rings. The van der Waals surface area contributed by atoms with Gasteiger partial charge in [0.25, 0.3) is 5.91 Å².